The molecule has 0 aliphatic rings. The summed E-state index contributed by atoms with van der Waals surface area (Å²) in [5.74, 6) is -0.875. The van der Waals surface area contributed by atoms with Crippen molar-refractivity contribution < 1.29 is 41.8 Å². The molecule has 0 saturated heterocycles. The third kappa shape index (κ3) is 23.8. The third-order valence-corrected chi connectivity index (χ3v) is 0.315. The molecule has 0 N–H and O–H groups in total. The maximum absolute atomic E-state index is 9.87. The van der Waals surface area contributed by atoms with E-state index in [4.69, 9.17) is 0 Å². The zero-order valence-corrected chi connectivity index (χ0v) is 10.3. The predicted molar refractivity (Wildman–Crippen MR) is 31.0 cm³/mol. The summed E-state index contributed by atoms with van der Waals surface area (Å²) in [5, 5.41) is 9.87. The largest absolute Gasteiger partial charge is 2.00 e. The van der Waals surface area contributed by atoms with Crippen molar-refractivity contribution in [2.24, 2.45) is 4.99 Å². The molecule has 0 heterocycles. The molecule has 0 rings (SSSR count). The fourth-order valence-corrected chi connectivity index (χ4v) is 0.222. The summed E-state index contributed by atoms with van der Waals surface area (Å²) >= 11 is 0. The van der Waals surface area contributed by atoms with Crippen molar-refractivity contribution in [2.75, 3.05) is 0 Å². The predicted octanol–water partition coefficient (Wildman–Crippen LogP) is -3.27. The van der Waals surface area contributed by atoms with Gasteiger partial charge in [0.1, 0.15) is 0 Å². The molecule has 0 aromatic rings. The monoisotopic (exact) mass is 235 g/mol. The molecule has 0 aliphatic carbocycles. The number of carbonyl (C=O) groups is 1. The molecule has 56 valence electrons. The zero-order chi connectivity index (χ0) is 5.86. The van der Waals surface area contributed by atoms with Crippen LogP contribution >= 0.6 is 12.4 Å². The van der Waals surface area contributed by atoms with E-state index in [-0.39, 0.29) is 44.3 Å². The van der Waals surface area contributed by atoms with Crippen LogP contribution in [-0.2, 0) is 24.3 Å². The third-order valence-electron chi connectivity index (χ3n) is 0.315. The van der Waals surface area contributed by atoms with Gasteiger partial charge in [0.2, 0.25) is 5.91 Å². The molecule has 0 unspecified atom stereocenters. The Morgan fingerprint density at radius 1 is 1.40 bits per heavy atom. The van der Waals surface area contributed by atoms with E-state index < -0.39 is 11.8 Å². The number of hydrogen-bond donors (Lipinski definition) is 0. The van der Waals surface area contributed by atoms with E-state index in [1.807, 2.05) is 0 Å². The second-order valence-electron chi connectivity index (χ2n) is 1.15. The topological polar surface area (TPSA) is 52.5 Å². The average Bonchev–Trinajstić information content (AvgIpc) is 1.27. The van der Waals surface area contributed by atoms with Gasteiger partial charge < -0.3 is 17.5 Å². The first-order valence-electron chi connectivity index (χ1n) is 1.86. The molecule has 0 fully saturated rings. The van der Waals surface area contributed by atoms with Crippen LogP contribution in [0.15, 0.2) is 4.99 Å². The summed E-state index contributed by atoms with van der Waals surface area (Å²) in [6, 6.07) is 0. The number of nitrogens with zero attached hydrogens (tertiary/aromatic N) is 1. The van der Waals surface area contributed by atoms with Crippen molar-refractivity contribution >= 4 is 24.2 Å². The summed E-state index contributed by atoms with van der Waals surface area (Å²) in [4.78, 5) is 12.9. The fourth-order valence-electron chi connectivity index (χ4n) is 0.222. The maximum atomic E-state index is 9.87. The van der Waals surface area contributed by atoms with Gasteiger partial charge in [-0.25, -0.2) is 4.99 Å². The van der Waals surface area contributed by atoms with Crippen molar-refractivity contribution in [1.82, 2.24) is 0 Å². The van der Waals surface area contributed by atoms with E-state index in [9.17, 15) is 9.90 Å². The number of aliphatic imine (C=N–C) groups is 1. The van der Waals surface area contributed by atoms with Gasteiger partial charge in [-0.15, -0.1) is 12.4 Å². The van der Waals surface area contributed by atoms with E-state index in [1.165, 1.54) is 13.8 Å². The minimum Gasteiger partial charge on any atom is -1.00 e. The first-order valence-corrected chi connectivity index (χ1v) is 1.86. The van der Waals surface area contributed by atoms with Gasteiger partial charge in [0.25, 0.3) is 0 Å². The van der Waals surface area contributed by atoms with Crippen molar-refractivity contribution in [1.29, 1.82) is 0 Å². The summed E-state index contributed by atoms with van der Waals surface area (Å²) in [6.45, 7) is 2.47. The van der Waals surface area contributed by atoms with Gasteiger partial charge in [-0.2, -0.15) is 0 Å². The summed E-state index contributed by atoms with van der Waals surface area (Å²) < 4.78 is 0. The van der Waals surface area contributed by atoms with Crippen LogP contribution in [0.5, 0.6) is 0 Å². The molecule has 0 aromatic carbocycles. The summed E-state index contributed by atoms with van der Waals surface area (Å²) in [6.07, 6.45) is 0. The smallest absolute Gasteiger partial charge is 1.00 e. The van der Waals surface area contributed by atoms with Gasteiger partial charge in [-0.1, -0.05) is 0 Å². The van der Waals surface area contributed by atoms with Gasteiger partial charge in [-0.05, 0) is 12.8 Å². The van der Waals surface area contributed by atoms with E-state index in [2.05, 4.69) is 4.99 Å². The van der Waals surface area contributed by atoms with E-state index in [1.54, 1.807) is 0 Å². The van der Waals surface area contributed by atoms with Crippen LogP contribution in [0, 0.1) is 0 Å². The standard InChI is InChI=1S/C4H7NO2.2ClH.Zn/c1-3(6)5-4(2)7;;;/h1-2H3,(H,5,6,7);2*1H;/q;;;+2/p-2. The molecule has 0 aromatic heterocycles. The van der Waals surface area contributed by atoms with Crippen molar-refractivity contribution in [2.45, 2.75) is 13.8 Å². The summed E-state index contributed by atoms with van der Waals surface area (Å²) in [7, 11) is 0. The Bertz CT molecular complexity index is 114. The Morgan fingerprint density at radius 3 is 1.70 bits per heavy atom. The van der Waals surface area contributed by atoms with Crippen molar-refractivity contribution in [3.05, 3.63) is 0 Å². The number of carbonyl (C=O) groups excluding carboxylic acids is 1. The number of hydrogen-bond acceptors (Lipinski definition) is 2. The molecule has 0 aliphatic heterocycles. The average molecular weight is 237 g/mol. The first-order chi connectivity index (χ1) is 3.13. The Kier molecular flexibility index (Phi) is 27.1. The SMILES string of the molecule is CC(=O)N=C(C)[O-].Cl.[Cl-].[Zn+2]. The van der Waals surface area contributed by atoms with Gasteiger partial charge in [-0.3, -0.25) is 4.79 Å². The van der Waals surface area contributed by atoms with Crippen LogP contribution in [0.25, 0.3) is 0 Å². The minimum absolute atomic E-state index is 0. The molecule has 0 bridgehead atoms. The van der Waals surface area contributed by atoms with Crippen molar-refractivity contribution in [3.8, 4) is 0 Å². The van der Waals surface area contributed by atoms with Crippen LogP contribution in [0.1, 0.15) is 13.8 Å². The normalized spacial score (nSPS) is 8.00. The fraction of sp³-hybridized carbons (Fsp3) is 0.500. The van der Waals surface area contributed by atoms with Gasteiger partial charge >= 0.3 is 19.5 Å². The number of rotatable bonds is 0. The van der Waals surface area contributed by atoms with Crippen molar-refractivity contribution in [3.63, 3.8) is 0 Å². The van der Waals surface area contributed by atoms with Gasteiger partial charge in [0.15, 0.2) is 0 Å². The second-order valence-corrected chi connectivity index (χ2v) is 1.15. The van der Waals surface area contributed by atoms with E-state index >= 15 is 0 Å². The first kappa shape index (κ1) is 22.4. The number of amides is 1. The molecule has 1 amide bonds. The quantitative estimate of drug-likeness (QED) is 0.252. The number of halogens is 2. The van der Waals surface area contributed by atoms with Gasteiger partial charge in [0.05, 0.1) is 0 Å². The van der Waals surface area contributed by atoms with Crippen LogP contribution < -0.4 is 17.5 Å². The Hall–Kier alpha value is 0.343. The molecule has 0 radical (unpaired) electrons. The summed E-state index contributed by atoms with van der Waals surface area (Å²) in [5.41, 5.74) is 0. The van der Waals surface area contributed by atoms with Crippen LogP contribution in [0.3, 0.4) is 0 Å². The Morgan fingerprint density at radius 2 is 1.70 bits per heavy atom. The second kappa shape index (κ2) is 12.1. The molecule has 3 nitrogen and oxygen atoms in total. The zero-order valence-electron chi connectivity index (χ0n) is 5.76. The molecule has 0 saturated carbocycles. The van der Waals surface area contributed by atoms with E-state index in [0.717, 1.165) is 0 Å². The molecule has 0 spiro atoms. The van der Waals surface area contributed by atoms with Crippen LogP contribution in [-0.4, -0.2) is 11.8 Å². The molecule has 0 atom stereocenters. The van der Waals surface area contributed by atoms with Gasteiger partial charge in [0, 0.05) is 6.92 Å². The van der Waals surface area contributed by atoms with Crippen LogP contribution in [0.4, 0.5) is 0 Å². The maximum Gasteiger partial charge on any atom is 2.00 e. The van der Waals surface area contributed by atoms with Crippen LogP contribution in [0.2, 0.25) is 0 Å². The Balaban J connectivity index is -0.0000000600. The molecule has 6 heteroatoms. The molecular weight excluding hydrogens is 230 g/mol. The van der Waals surface area contributed by atoms with E-state index in [0.29, 0.717) is 0 Å². The minimum atomic E-state index is -0.437. The molecule has 10 heavy (non-hydrogen) atoms. The molecular formula is C4H7Cl2NO2Zn. The Labute approximate surface area is 84.9 Å².